The molecule has 104 valence electrons. The average molecular weight is 258 g/mol. The van der Waals surface area contributed by atoms with Crippen LogP contribution in [0.3, 0.4) is 0 Å². The lowest BCUT2D eigenvalue weighted by Gasteiger charge is -2.02. The normalized spacial score (nSPS) is 11.7. The maximum absolute atomic E-state index is 9.73. The van der Waals surface area contributed by atoms with Crippen LogP contribution >= 0.6 is 0 Å². The molecule has 1 heteroatoms. The van der Waals surface area contributed by atoms with E-state index >= 15 is 0 Å². The highest BCUT2D eigenvalue weighted by molar-refractivity contribution is 5.16. The van der Waals surface area contributed by atoms with E-state index in [1.807, 2.05) is 18.2 Å². The standard InChI is InChI=1S/C18H26O/c1-2-3-4-5-9-15-18(19)16-11-10-14-17-12-7-6-8-13-17/h6-8,12-13,18-19H,2-5,9-10,14-15H2,1H3/t18-/m1/s1. The highest BCUT2D eigenvalue weighted by Gasteiger charge is 1.98. The molecule has 1 N–H and O–H groups in total. The predicted molar refractivity (Wildman–Crippen MR) is 81.9 cm³/mol. The Hall–Kier alpha value is -1.26. The number of aliphatic hydroxyl groups excluding tert-OH is 1. The van der Waals surface area contributed by atoms with Crippen molar-refractivity contribution in [3.05, 3.63) is 35.9 Å². The second-order valence-electron chi connectivity index (χ2n) is 5.03. The Morgan fingerprint density at radius 3 is 2.53 bits per heavy atom. The smallest absolute Gasteiger partial charge is 0.114 e. The van der Waals surface area contributed by atoms with E-state index in [2.05, 4.69) is 30.9 Å². The molecule has 0 heterocycles. The Balaban J connectivity index is 2.08. The second kappa shape index (κ2) is 10.6. The fourth-order valence-corrected chi connectivity index (χ4v) is 2.05. The van der Waals surface area contributed by atoms with Gasteiger partial charge in [0.1, 0.15) is 6.10 Å². The third kappa shape index (κ3) is 8.46. The Morgan fingerprint density at radius 1 is 1.05 bits per heavy atom. The van der Waals surface area contributed by atoms with Gasteiger partial charge in [-0.2, -0.15) is 0 Å². The Kier molecular flexibility index (Phi) is 8.85. The molecule has 0 aromatic heterocycles. The SMILES string of the molecule is CCCCCCC[C@@H](O)C#CCCc1ccccc1. The van der Waals surface area contributed by atoms with Gasteiger partial charge in [-0.05, 0) is 24.8 Å². The summed E-state index contributed by atoms with van der Waals surface area (Å²) in [6.45, 7) is 2.22. The van der Waals surface area contributed by atoms with E-state index < -0.39 is 6.10 Å². The first-order valence-electron chi connectivity index (χ1n) is 7.53. The van der Waals surface area contributed by atoms with Crippen LogP contribution in [0, 0.1) is 11.8 Å². The zero-order valence-electron chi connectivity index (χ0n) is 12.1. The quantitative estimate of drug-likeness (QED) is 0.543. The monoisotopic (exact) mass is 258 g/mol. The molecule has 0 unspecified atom stereocenters. The molecule has 1 rings (SSSR count). The summed E-state index contributed by atoms with van der Waals surface area (Å²) in [5, 5.41) is 9.73. The largest absolute Gasteiger partial charge is 0.380 e. The van der Waals surface area contributed by atoms with Crippen molar-refractivity contribution in [1.29, 1.82) is 0 Å². The highest BCUT2D eigenvalue weighted by Crippen LogP contribution is 2.07. The van der Waals surface area contributed by atoms with Crippen molar-refractivity contribution < 1.29 is 5.11 Å². The van der Waals surface area contributed by atoms with Crippen LogP contribution in [0.5, 0.6) is 0 Å². The molecule has 0 bridgehead atoms. The molecule has 19 heavy (non-hydrogen) atoms. The zero-order valence-corrected chi connectivity index (χ0v) is 12.1. The minimum absolute atomic E-state index is 0.433. The maximum atomic E-state index is 9.73. The molecule has 1 atom stereocenters. The van der Waals surface area contributed by atoms with Crippen molar-refractivity contribution in [3.8, 4) is 11.8 Å². The van der Waals surface area contributed by atoms with Gasteiger partial charge in [0.05, 0.1) is 0 Å². The van der Waals surface area contributed by atoms with E-state index in [1.165, 1.54) is 31.2 Å². The molecule has 0 aliphatic carbocycles. The van der Waals surface area contributed by atoms with Crippen LogP contribution in [-0.2, 0) is 6.42 Å². The summed E-state index contributed by atoms with van der Waals surface area (Å²) < 4.78 is 0. The zero-order chi connectivity index (χ0) is 13.8. The number of benzene rings is 1. The summed E-state index contributed by atoms with van der Waals surface area (Å²) >= 11 is 0. The molecular formula is C18H26O. The Labute approximate surface area is 118 Å². The van der Waals surface area contributed by atoms with Gasteiger partial charge >= 0.3 is 0 Å². The fourth-order valence-electron chi connectivity index (χ4n) is 2.05. The summed E-state index contributed by atoms with van der Waals surface area (Å²) in [7, 11) is 0. The van der Waals surface area contributed by atoms with Crippen LogP contribution in [0.4, 0.5) is 0 Å². The lowest BCUT2D eigenvalue weighted by atomic mass is 10.1. The molecule has 1 aromatic rings. The van der Waals surface area contributed by atoms with E-state index in [0.29, 0.717) is 0 Å². The molecule has 0 aliphatic rings. The number of unbranched alkanes of at least 4 members (excludes halogenated alkanes) is 4. The number of rotatable bonds is 8. The van der Waals surface area contributed by atoms with E-state index in [-0.39, 0.29) is 0 Å². The molecule has 0 aliphatic heterocycles. The molecule has 1 nitrogen and oxygen atoms in total. The number of aryl methyl sites for hydroxylation is 1. The van der Waals surface area contributed by atoms with E-state index in [0.717, 1.165) is 25.7 Å². The van der Waals surface area contributed by atoms with Gasteiger partial charge in [-0.1, -0.05) is 68.9 Å². The van der Waals surface area contributed by atoms with Crippen molar-refractivity contribution in [1.82, 2.24) is 0 Å². The van der Waals surface area contributed by atoms with E-state index in [9.17, 15) is 5.11 Å². The summed E-state index contributed by atoms with van der Waals surface area (Å²) in [6, 6.07) is 10.4. The molecule has 0 radical (unpaired) electrons. The van der Waals surface area contributed by atoms with Gasteiger partial charge in [0.15, 0.2) is 0 Å². The minimum Gasteiger partial charge on any atom is -0.380 e. The topological polar surface area (TPSA) is 20.2 Å². The van der Waals surface area contributed by atoms with Crippen LogP contribution in [0.25, 0.3) is 0 Å². The number of aliphatic hydroxyl groups is 1. The first kappa shape index (κ1) is 15.8. The third-order valence-corrected chi connectivity index (χ3v) is 3.23. The minimum atomic E-state index is -0.433. The van der Waals surface area contributed by atoms with E-state index in [1.54, 1.807) is 0 Å². The summed E-state index contributed by atoms with van der Waals surface area (Å²) in [5.41, 5.74) is 1.31. The van der Waals surface area contributed by atoms with Crippen LogP contribution < -0.4 is 0 Å². The van der Waals surface area contributed by atoms with Gasteiger partial charge < -0.3 is 5.11 Å². The molecule has 0 amide bonds. The summed E-state index contributed by atoms with van der Waals surface area (Å²) in [5.74, 6) is 6.04. The first-order chi connectivity index (χ1) is 9.33. The van der Waals surface area contributed by atoms with E-state index in [4.69, 9.17) is 0 Å². The molecular weight excluding hydrogens is 232 g/mol. The number of hydrogen-bond donors (Lipinski definition) is 1. The summed E-state index contributed by atoms with van der Waals surface area (Å²) in [6.07, 6.45) is 8.35. The van der Waals surface area contributed by atoms with Gasteiger partial charge in [-0.15, -0.1) is 5.92 Å². The van der Waals surface area contributed by atoms with Gasteiger partial charge in [-0.25, -0.2) is 0 Å². The van der Waals surface area contributed by atoms with Crippen molar-refractivity contribution >= 4 is 0 Å². The van der Waals surface area contributed by atoms with Crippen LogP contribution in [0.15, 0.2) is 30.3 Å². The van der Waals surface area contributed by atoms with Crippen LogP contribution in [-0.4, -0.2) is 11.2 Å². The fraction of sp³-hybridized carbons (Fsp3) is 0.556. The lowest BCUT2D eigenvalue weighted by Crippen LogP contribution is -2.02. The number of hydrogen-bond acceptors (Lipinski definition) is 1. The van der Waals surface area contributed by atoms with Gasteiger partial charge in [0.25, 0.3) is 0 Å². The van der Waals surface area contributed by atoms with Crippen molar-refractivity contribution in [3.63, 3.8) is 0 Å². The molecule has 0 fully saturated rings. The maximum Gasteiger partial charge on any atom is 0.114 e. The predicted octanol–water partition coefficient (Wildman–Crippen LogP) is 4.34. The molecule has 1 aromatic carbocycles. The van der Waals surface area contributed by atoms with Gasteiger partial charge in [0, 0.05) is 6.42 Å². The Bertz CT molecular complexity index is 372. The van der Waals surface area contributed by atoms with Gasteiger partial charge in [0.2, 0.25) is 0 Å². The van der Waals surface area contributed by atoms with Crippen LogP contribution in [0.1, 0.15) is 57.4 Å². The van der Waals surface area contributed by atoms with Crippen molar-refractivity contribution in [2.45, 2.75) is 64.4 Å². The lowest BCUT2D eigenvalue weighted by molar-refractivity contribution is 0.217. The Morgan fingerprint density at radius 2 is 1.79 bits per heavy atom. The second-order valence-corrected chi connectivity index (χ2v) is 5.03. The third-order valence-electron chi connectivity index (χ3n) is 3.23. The van der Waals surface area contributed by atoms with Crippen molar-refractivity contribution in [2.75, 3.05) is 0 Å². The van der Waals surface area contributed by atoms with Crippen molar-refractivity contribution in [2.24, 2.45) is 0 Å². The van der Waals surface area contributed by atoms with Crippen LogP contribution in [0.2, 0.25) is 0 Å². The first-order valence-corrected chi connectivity index (χ1v) is 7.53. The molecule has 0 spiro atoms. The summed E-state index contributed by atoms with van der Waals surface area (Å²) in [4.78, 5) is 0. The van der Waals surface area contributed by atoms with Gasteiger partial charge in [-0.3, -0.25) is 0 Å². The highest BCUT2D eigenvalue weighted by atomic mass is 16.3. The molecule has 0 saturated carbocycles. The molecule has 0 saturated heterocycles. The average Bonchev–Trinajstić information content (AvgIpc) is 2.44.